The number of hydrogen-bond donors (Lipinski definition) is 0. The predicted octanol–water partition coefficient (Wildman–Crippen LogP) is 7.42. The Morgan fingerprint density at radius 1 is 0.252 bits per heavy atom. The Bertz CT molecular complexity index is 4910. The van der Waals surface area contributed by atoms with Crippen LogP contribution in [0, 0.1) is 13.8 Å². The van der Waals surface area contributed by atoms with Gasteiger partial charge < -0.3 is 57.6 Å². The molecule has 0 amide bonds. The summed E-state index contributed by atoms with van der Waals surface area (Å²) < 4.78 is 122. The van der Waals surface area contributed by atoms with E-state index in [2.05, 4.69) is 79.9 Å². The zero-order valence-corrected chi connectivity index (χ0v) is 68.7. The molecule has 12 aromatic rings. The second-order valence-electron chi connectivity index (χ2n) is 25.3. The van der Waals surface area contributed by atoms with Crippen molar-refractivity contribution in [3.63, 3.8) is 0 Å². The second kappa shape index (κ2) is 29.1. The van der Waals surface area contributed by atoms with Crippen molar-refractivity contribution in [2.24, 2.45) is 0 Å². The number of hydrogen-bond acceptors (Lipinski definition) is 14. The molecule has 0 N–H and O–H groups in total. The highest BCUT2D eigenvalue weighted by molar-refractivity contribution is 7.12. The highest BCUT2D eigenvalue weighted by Gasteiger charge is 2.80. The smallest absolute Gasteiger partial charge is 0.422 e. The lowest BCUT2D eigenvalue weighted by molar-refractivity contribution is 0.0578. The number of benzene rings is 12. The molecule has 0 aromatic heterocycles. The van der Waals surface area contributed by atoms with Gasteiger partial charge in [0.15, 0.2) is 0 Å². The van der Waals surface area contributed by atoms with Crippen LogP contribution in [0.2, 0.25) is 0 Å². The van der Waals surface area contributed by atoms with Gasteiger partial charge in [0.05, 0.1) is 0 Å². The average Bonchev–Trinajstić information content (AvgIpc) is 0.685. The first-order valence-corrected chi connectivity index (χ1v) is 52.3. The van der Waals surface area contributed by atoms with Crippen LogP contribution < -0.4 is 51.9 Å². The molecule has 10 atom stereocenters. The Hall–Kier alpha value is -8.05. The van der Waals surface area contributed by atoms with Crippen molar-refractivity contribution >= 4 is 163 Å². The van der Waals surface area contributed by atoms with Crippen LogP contribution in [0.25, 0.3) is 12.2 Å². The zero-order chi connectivity index (χ0) is 69.9. The third-order valence-electron chi connectivity index (χ3n) is 18.3. The summed E-state index contributed by atoms with van der Waals surface area (Å²) in [6.45, 7) is 4.14. The van der Waals surface area contributed by atoms with Crippen molar-refractivity contribution in [2.45, 2.75) is 13.8 Å². The van der Waals surface area contributed by atoms with Crippen LogP contribution in [-0.4, -0.2) is 98.5 Å². The van der Waals surface area contributed by atoms with Crippen molar-refractivity contribution in [3.05, 3.63) is 386 Å². The molecule has 12 aromatic carbocycles. The largest absolute Gasteiger partial charge is 0.515 e. The SMILES string of the molecule is Cc1ccc(C=C[Si]2(c3ccccc3)O[Si](O[SiH3])(c3ccccc3)O[Si@]3(c4ccccc4)O[Si]4(c5ccccc5)O[SiH](c5ccccc5)O[Si]5(c6ccccc6)O[Si](c6ccccc6)(O2)O[Si@@](c2ccccc2)(O[Si](c2ccccc2)(O[Si](C=Cc2ccc(C)cc2)(c2ccccc2)O4)O5)O3)cc1. The van der Waals surface area contributed by atoms with Gasteiger partial charge in [-0.1, -0.05) is 375 Å². The summed E-state index contributed by atoms with van der Waals surface area (Å²) in [7, 11) is -50.7. The maximum atomic E-state index is 8.99. The molecule has 0 aliphatic carbocycles. The van der Waals surface area contributed by atoms with Crippen molar-refractivity contribution in [1.29, 1.82) is 0 Å². The van der Waals surface area contributed by atoms with Gasteiger partial charge in [-0.25, -0.2) is 0 Å². The van der Waals surface area contributed by atoms with Crippen molar-refractivity contribution in [2.75, 3.05) is 0 Å². The topological polar surface area (TPSA) is 129 Å². The van der Waals surface area contributed by atoms with E-state index in [-0.39, 0.29) is 10.5 Å². The fourth-order valence-corrected chi connectivity index (χ4v) is 68.0. The second-order valence-corrected chi connectivity index (χ2v) is 55.5. The molecule has 16 rings (SSSR count). The van der Waals surface area contributed by atoms with Crippen molar-refractivity contribution < 1.29 is 57.6 Å². The minimum absolute atomic E-state index is 0.0225. The first kappa shape index (κ1) is 69.3. The van der Waals surface area contributed by atoms with E-state index in [9.17, 15) is 0 Å². The maximum Gasteiger partial charge on any atom is 0.515 e. The van der Waals surface area contributed by atoms with E-state index >= 15 is 0 Å². The molecule has 4 aliphatic rings. The van der Waals surface area contributed by atoms with Crippen molar-refractivity contribution in [1.82, 2.24) is 0 Å². The van der Waals surface area contributed by atoms with Gasteiger partial charge in [0.2, 0.25) is 0 Å². The standard InChI is InChI=1S/C78H72O14Si11/c1-65-53-57-67(58-54-65)61-63-95(70-35-15-4-16-36-70)82-97(79-93,72-39-19-6-20-40-72)86-102(77-49-29-11-30-50-77)87-98(73-41-21-7-22-42-73)80-94(69-33-13-3-14-34-69)81-99(74-43-23-8-24-44-74)88-100(84-95,75-45-25-9-26-46-75)90-103(92-102,78-51-31-12-32-52-78)91-101(89-99,76-47-27-10-28-48-76)85-96(83-98,71-37-17-5-18-38-71)64-62-68-59-55-66(2)56-60-68/h3-64,94H,1-2,93H3/t94?,95?,96?,97?,98?,99?,100?,101?,102-,103+/m1/s1. The molecule has 0 radical (unpaired) electrons. The minimum Gasteiger partial charge on any atom is -0.422 e. The van der Waals surface area contributed by atoms with Crippen LogP contribution in [0.4, 0.5) is 0 Å². The van der Waals surface area contributed by atoms with Crippen LogP contribution in [0.3, 0.4) is 0 Å². The molecule has 4 saturated heterocycles. The van der Waals surface area contributed by atoms with E-state index in [0.29, 0.717) is 51.9 Å². The summed E-state index contributed by atoms with van der Waals surface area (Å²) in [5.41, 5.74) is 8.02. The van der Waals surface area contributed by atoms with Crippen LogP contribution in [0.1, 0.15) is 22.3 Å². The monoisotopic (exact) mass is 1540 g/mol. The van der Waals surface area contributed by atoms with Gasteiger partial charge in [-0.15, -0.1) is 0 Å². The molecule has 0 spiro atoms. The molecule has 4 fully saturated rings. The van der Waals surface area contributed by atoms with Gasteiger partial charge in [-0.2, -0.15) is 0 Å². The van der Waals surface area contributed by atoms with Gasteiger partial charge >= 0.3 is 88.0 Å². The molecule has 6 bridgehead atoms. The fourth-order valence-electron chi connectivity index (χ4n) is 13.1. The van der Waals surface area contributed by atoms with E-state index in [1.165, 1.54) is 0 Å². The third kappa shape index (κ3) is 13.7. The fraction of sp³-hybridized carbons (Fsp3) is 0.0256. The highest BCUT2D eigenvalue weighted by Crippen LogP contribution is 2.44. The van der Waals surface area contributed by atoms with Gasteiger partial charge in [-0.05, 0) is 51.9 Å². The Morgan fingerprint density at radius 2 is 0.495 bits per heavy atom. The molecule has 0 saturated carbocycles. The lowest BCUT2D eigenvalue weighted by atomic mass is 10.2. The van der Waals surface area contributed by atoms with Gasteiger partial charge in [-0.3, -0.25) is 0 Å². The predicted molar refractivity (Wildman–Crippen MR) is 425 cm³/mol. The van der Waals surface area contributed by atoms with Crippen LogP contribution in [0.15, 0.2) is 363 Å². The Balaban J connectivity index is 1.18. The molecule has 4 heterocycles. The van der Waals surface area contributed by atoms with Gasteiger partial charge in [0.1, 0.15) is 10.5 Å². The molecular weight excluding hydrogens is 1470 g/mol. The van der Waals surface area contributed by atoms with Crippen LogP contribution in [0.5, 0.6) is 0 Å². The van der Waals surface area contributed by atoms with E-state index < -0.39 is 88.0 Å². The minimum atomic E-state index is -5.50. The third-order valence-corrected chi connectivity index (χ3v) is 60.5. The first-order chi connectivity index (χ1) is 50.4. The number of rotatable bonds is 15. The summed E-state index contributed by atoms with van der Waals surface area (Å²) in [4.78, 5) is 0. The summed E-state index contributed by atoms with van der Waals surface area (Å²) in [5, 5.41) is 5.52. The molecule has 8 unspecified atom stereocenters. The quantitative estimate of drug-likeness (QED) is 0.0945. The maximum absolute atomic E-state index is 8.99. The van der Waals surface area contributed by atoms with E-state index in [0.717, 1.165) is 22.3 Å². The molecule has 512 valence electrons. The molecule has 4 aliphatic heterocycles. The van der Waals surface area contributed by atoms with Crippen molar-refractivity contribution in [3.8, 4) is 0 Å². The summed E-state index contributed by atoms with van der Waals surface area (Å²) in [5.74, 6) is 0. The van der Waals surface area contributed by atoms with Gasteiger partial charge in [0.25, 0.3) is 0 Å². The Kier molecular flexibility index (Phi) is 19.6. The molecule has 14 nitrogen and oxygen atoms in total. The molecule has 103 heavy (non-hydrogen) atoms. The Labute approximate surface area is 614 Å². The van der Waals surface area contributed by atoms with Crippen LogP contribution in [-0.2, 0) is 57.6 Å². The summed E-state index contributed by atoms with van der Waals surface area (Å²) in [6.07, 6.45) is 4.10. The van der Waals surface area contributed by atoms with E-state index in [1.54, 1.807) is 0 Å². The summed E-state index contributed by atoms with van der Waals surface area (Å²) in [6, 6.07) is 115. The Morgan fingerprint density at radius 3 is 0.825 bits per heavy atom. The normalized spacial score (nSPS) is 28.7. The average molecular weight is 1540 g/mol. The lowest BCUT2D eigenvalue weighted by Gasteiger charge is -2.58. The van der Waals surface area contributed by atoms with E-state index in [1.807, 2.05) is 309 Å². The first-order valence-electron chi connectivity index (χ1n) is 34.1. The number of fused-ring (bicyclic) bond motifs is 6. The highest BCUT2D eigenvalue weighted by atomic mass is 28.6. The molecular formula is C78H72O14Si11. The lowest BCUT2D eigenvalue weighted by Crippen LogP contribution is -2.90. The van der Waals surface area contributed by atoms with Gasteiger partial charge in [0, 0.05) is 36.3 Å². The zero-order valence-electron chi connectivity index (χ0n) is 56.6. The van der Waals surface area contributed by atoms with E-state index in [4.69, 9.17) is 57.6 Å². The molecule has 25 heteroatoms. The van der Waals surface area contributed by atoms with Crippen LogP contribution >= 0.6 is 0 Å². The number of aryl methyl sites for hydroxylation is 2. The summed E-state index contributed by atoms with van der Waals surface area (Å²) >= 11 is 0.